The Balaban J connectivity index is 1.29. The van der Waals surface area contributed by atoms with E-state index in [0.717, 1.165) is 49.9 Å². The largest absolute Gasteiger partial charge is 0.369 e. The van der Waals surface area contributed by atoms with Gasteiger partial charge in [-0.15, -0.1) is 0 Å². The Morgan fingerprint density at radius 3 is 2.29 bits per heavy atom. The molecule has 0 aromatic heterocycles. The summed E-state index contributed by atoms with van der Waals surface area (Å²) in [6, 6.07) is 8.40. The fourth-order valence-corrected chi connectivity index (χ4v) is 5.29. The SMILES string of the molecule is CC(=O)c1ccc(N2CCN(CC(=O)N3CCC[C@H]4CCCC[C@@H]43)CC2)cc1. The number of fused-ring (bicyclic) bond motifs is 1. The second kappa shape index (κ2) is 8.64. The number of nitrogens with zero attached hydrogens (tertiary/aromatic N) is 3. The summed E-state index contributed by atoms with van der Waals surface area (Å²) in [5.74, 6) is 1.20. The van der Waals surface area contributed by atoms with E-state index < -0.39 is 0 Å². The molecule has 1 saturated carbocycles. The van der Waals surface area contributed by atoms with Crippen LogP contribution in [0.4, 0.5) is 5.69 Å². The summed E-state index contributed by atoms with van der Waals surface area (Å²) in [5, 5.41) is 0. The summed E-state index contributed by atoms with van der Waals surface area (Å²) in [6.07, 6.45) is 7.65. The quantitative estimate of drug-likeness (QED) is 0.749. The maximum Gasteiger partial charge on any atom is 0.237 e. The lowest BCUT2D eigenvalue weighted by atomic mass is 9.78. The molecule has 0 N–H and O–H groups in total. The highest BCUT2D eigenvalue weighted by Gasteiger charge is 2.36. The highest BCUT2D eigenvalue weighted by Crippen LogP contribution is 2.35. The average Bonchev–Trinajstić information content (AvgIpc) is 2.74. The Bertz CT molecular complexity index is 692. The molecule has 4 rings (SSSR count). The standard InChI is InChI=1S/C23H33N3O2/c1-18(27)19-8-10-21(11-9-19)25-15-13-24(14-16-25)17-23(28)26-12-4-6-20-5-2-3-7-22(20)26/h8-11,20,22H,2-7,12-17H2,1H3/t20-,22+/m1/s1. The van der Waals surface area contributed by atoms with E-state index in [1.807, 2.05) is 24.3 Å². The number of benzene rings is 1. The lowest BCUT2D eigenvalue weighted by molar-refractivity contribution is -0.138. The first-order chi connectivity index (χ1) is 13.6. The Morgan fingerprint density at radius 1 is 0.893 bits per heavy atom. The van der Waals surface area contributed by atoms with Gasteiger partial charge in [0.25, 0.3) is 0 Å². The van der Waals surface area contributed by atoms with Crippen LogP contribution in [0.15, 0.2) is 24.3 Å². The Hall–Kier alpha value is -1.88. The minimum atomic E-state index is 0.104. The fourth-order valence-electron chi connectivity index (χ4n) is 5.29. The van der Waals surface area contributed by atoms with Crippen molar-refractivity contribution in [2.24, 2.45) is 5.92 Å². The van der Waals surface area contributed by atoms with Crippen LogP contribution < -0.4 is 4.90 Å². The van der Waals surface area contributed by atoms with E-state index >= 15 is 0 Å². The van der Waals surface area contributed by atoms with E-state index in [1.165, 1.54) is 38.5 Å². The average molecular weight is 384 g/mol. The van der Waals surface area contributed by atoms with E-state index in [4.69, 9.17) is 0 Å². The monoisotopic (exact) mass is 383 g/mol. The predicted molar refractivity (Wildman–Crippen MR) is 112 cm³/mol. The van der Waals surface area contributed by atoms with Gasteiger partial charge in [0.05, 0.1) is 6.54 Å². The first kappa shape index (κ1) is 19.4. The van der Waals surface area contributed by atoms with Crippen molar-refractivity contribution in [3.63, 3.8) is 0 Å². The third kappa shape index (κ3) is 4.24. The molecule has 2 heterocycles. The summed E-state index contributed by atoms with van der Waals surface area (Å²) in [5.41, 5.74) is 1.92. The summed E-state index contributed by atoms with van der Waals surface area (Å²) >= 11 is 0. The van der Waals surface area contributed by atoms with Crippen LogP contribution in [-0.2, 0) is 4.79 Å². The molecule has 0 bridgehead atoms. The van der Waals surface area contributed by atoms with Crippen molar-refractivity contribution >= 4 is 17.4 Å². The van der Waals surface area contributed by atoms with Crippen LogP contribution >= 0.6 is 0 Å². The van der Waals surface area contributed by atoms with Crippen LogP contribution in [0.5, 0.6) is 0 Å². The lowest BCUT2D eigenvalue weighted by Crippen LogP contribution is -2.54. The minimum Gasteiger partial charge on any atom is -0.369 e. The van der Waals surface area contributed by atoms with Gasteiger partial charge in [-0.1, -0.05) is 12.8 Å². The predicted octanol–water partition coefficient (Wildman–Crippen LogP) is 3.19. The Labute approximate surface area is 168 Å². The van der Waals surface area contributed by atoms with Gasteiger partial charge in [0, 0.05) is 50.0 Å². The van der Waals surface area contributed by atoms with Crippen molar-refractivity contribution in [2.75, 3.05) is 44.2 Å². The van der Waals surface area contributed by atoms with Gasteiger partial charge in [0.15, 0.2) is 5.78 Å². The number of Topliss-reactive ketones (excluding diaryl/α,β-unsaturated/α-hetero) is 1. The summed E-state index contributed by atoms with van der Waals surface area (Å²) < 4.78 is 0. The number of likely N-dealkylation sites (tertiary alicyclic amines) is 1. The van der Waals surface area contributed by atoms with Crippen molar-refractivity contribution in [2.45, 2.75) is 51.5 Å². The molecule has 28 heavy (non-hydrogen) atoms. The van der Waals surface area contributed by atoms with Crippen molar-refractivity contribution < 1.29 is 9.59 Å². The molecule has 1 aliphatic carbocycles. The number of carbonyl (C=O) groups is 2. The van der Waals surface area contributed by atoms with Gasteiger partial charge in [-0.25, -0.2) is 0 Å². The summed E-state index contributed by atoms with van der Waals surface area (Å²) in [6.45, 7) is 6.83. The van der Waals surface area contributed by atoms with E-state index in [2.05, 4.69) is 14.7 Å². The molecule has 2 saturated heterocycles. The molecule has 1 aromatic carbocycles. The van der Waals surface area contributed by atoms with Crippen LogP contribution in [0.3, 0.4) is 0 Å². The smallest absolute Gasteiger partial charge is 0.237 e. The number of rotatable bonds is 4. The topological polar surface area (TPSA) is 43.9 Å². The van der Waals surface area contributed by atoms with Crippen molar-refractivity contribution in [3.8, 4) is 0 Å². The number of hydrogen-bond donors (Lipinski definition) is 0. The van der Waals surface area contributed by atoms with Crippen LogP contribution in [-0.4, -0.2) is 66.8 Å². The number of anilines is 1. The highest BCUT2D eigenvalue weighted by molar-refractivity contribution is 5.94. The van der Waals surface area contributed by atoms with Crippen LogP contribution in [0.1, 0.15) is 55.8 Å². The fraction of sp³-hybridized carbons (Fsp3) is 0.652. The van der Waals surface area contributed by atoms with Crippen molar-refractivity contribution in [3.05, 3.63) is 29.8 Å². The van der Waals surface area contributed by atoms with E-state index in [1.54, 1.807) is 6.92 Å². The van der Waals surface area contributed by atoms with E-state index in [0.29, 0.717) is 18.5 Å². The molecule has 0 unspecified atom stereocenters. The van der Waals surface area contributed by atoms with E-state index in [-0.39, 0.29) is 5.78 Å². The molecule has 3 fully saturated rings. The molecule has 5 nitrogen and oxygen atoms in total. The molecular formula is C23H33N3O2. The summed E-state index contributed by atoms with van der Waals surface area (Å²) in [4.78, 5) is 31.3. The second-order valence-electron chi connectivity index (χ2n) is 8.71. The molecule has 0 radical (unpaired) electrons. The zero-order chi connectivity index (χ0) is 19.5. The van der Waals surface area contributed by atoms with Crippen LogP contribution in [0, 0.1) is 5.92 Å². The molecule has 1 aromatic rings. The van der Waals surface area contributed by atoms with Gasteiger partial charge in [0.2, 0.25) is 5.91 Å². The van der Waals surface area contributed by atoms with Crippen LogP contribution in [0.2, 0.25) is 0 Å². The van der Waals surface area contributed by atoms with Gasteiger partial charge in [-0.3, -0.25) is 14.5 Å². The van der Waals surface area contributed by atoms with Gasteiger partial charge >= 0.3 is 0 Å². The van der Waals surface area contributed by atoms with Gasteiger partial charge in [-0.2, -0.15) is 0 Å². The number of piperazine rings is 1. The summed E-state index contributed by atoms with van der Waals surface area (Å²) in [7, 11) is 0. The number of piperidine rings is 1. The molecule has 2 atom stereocenters. The minimum absolute atomic E-state index is 0.104. The number of carbonyl (C=O) groups excluding carboxylic acids is 2. The van der Waals surface area contributed by atoms with Crippen molar-refractivity contribution in [1.29, 1.82) is 0 Å². The number of hydrogen-bond acceptors (Lipinski definition) is 4. The molecular weight excluding hydrogens is 350 g/mol. The van der Waals surface area contributed by atoms with E-state index in [9.17, 15) is 9.59 Å². The van der Waals surface area contributed by atoms with Gasteiger partial charge < -0.3 is 9.80 Å². The van der Waals surface area contributed by atoms with Crippen LogP contribution in [0.25, 0.3) is 0 Å². The maximum absolute atomic E-state index is 13.0. The first-order valence-corrected chi connectivity index (χ1v) is 11.0. The van der Waals surface area contributed by atoms with Gasteiger partial charge in [0.1, 0.15) is 0 Å². The zero-order valence-electron chi connectivity index (χ0n) is 17.1. The molecule has 152 valence electrons. The van der Waals surface area contributed by atoms with Gasteiger partial charge in [-0.05, 0) is 62.8 Å². The Kier molecular flexibility index (Phi) is 6.00. The number of amides is 1. The second-order valence-corrected chi connectivity index (χ2v) is 8.71. The van der Waals surface area contributed by atoms with Crippen molar-refractivity contribution in [1.82, 2.24) is 9.80 Å². The Morgan fingerprint density at radius 2 is 1.57 bits per heavy atom. The third-order valence-corrected chi connectivity index (χ3v) is 6.93. The third-order valence-electron chi connectivity index (χ3n) is 6.93. The lowest BCUT2D eigenvalue weighted by Gasteiger charge is -2.45. The molecule has 5 heteroatoms. The normalized spacial score (nSPS) is 26.0. The molecule has 3 aliphatic rings. The number of ketones is 1. The molecule has 0 spiro atoms. The highest BCUT2D eigenvalue weighted by atomic mass is 16.2. The molecule has 2 aliphatic heterocycles. The zero-order valence-corrected chi connectivity index (χ0v) is 17.1. The molecule has 1 amide bonds. The first-order valence-electron chi connectivity index (χ1n) is 11.0. The maximum atomic E-state index is 13.0.